The first-order chi connectivity index (χ1) is 16.0. The summed E-state index contributed by atoms with van der Waals surface area (Å²) in [5, 5.41) is 109. The van der Waals surface area contributed by atoms with Crippen molar-refractivity contribution in [3.05, 3.63) is 0 Å². The van der Waals surface area contributed by atoms with Crippen molar-refractivity contribution in [2.45, 2.75) is 92.1 Å². The molecule has 0 aromatic rings. The van der Waals surface area contributed by atoms with Crippen LogP contribution in [0.1, 0.15) is 0 Å². The molecule has 0 aromatic carbocycles. The fraction of sp³-hybridized carbons (Fsp3) is 1.00. The lowest BCUT2D eigenvalue weighted by Gasteiger charge is -2.48. The molecule has 3 saturated heterocycles. The zero-order valence-corrected chi connectivity index (χ0v) is 17.7. The topological polar surface area (TPSA) is 269 Å². The average Bonchev–Trinajstić information content (AvgIpc) is 2.83. The maximum absolute atomic E-state index is 10.6. The molecule has 200 valence electrons. The van der Waals surface area contributed by atoms with Crippen LogP contribution in [-0.2, 0) is 23.7 Å². The third kappa shape index (κ3) is 5.37. The van der Waals surface area contributed by atoms with Crippen LogP contribution in [0.4, 0.5) is 0 Å². The largest absolute Gasteiger partial charge is 0.394 e. The first kappa shape index (κ1) is 27.9. The molecule has 16 nitrogen and oxygen atoms in total. The predicted octanol–water partition coefficient (Wildman–Crippen LogP) is -7.57. The second-order valence-electron chi connectivity index (χ2n) is 8.33. The number of ether oxygens (including phenoxy) is 5. The Morgan fingerprint density at radius 2 is 0.853 bits per heavy atom. The highest BCUT2D eigenvalue weighted by atomic mass is 16.8. The Labute approximate surface area is 192 Å². The van der Waals surface area contributed by atoms with E-state index in [1.165, 1.54) is 0 Å². The van der Waals surface area contributed by atoms with Gasteiger partial charge in [0.2, 0.25) is 0 Å². The third-order valence-corrected chi connectivity index (χ3v) is 6.10. The van der Waals surface area contributed by atoms with Gasteiger partial charge in [-0.15, -0.1) is 0 Å². The highest BCUT2D eigenvalue weighted by Crippen LogP contribution is 2.32. The Morgan fingerprint density at radius 3 is 1.38 bits per heavy atom. The molecule has 0 bridgehead atoms. The van der Waals surface area contributed by atoms with Gasteiger partial charge in [0.25, 0.3) is 0 Å². The van der Waals surface area contributed by atoms with Gasteiger partial charge >= 0.3 is 0 Å². The molecule has 34 heavy (non-hydrogen) atoms. The van der Waals surface area contributed by atoms with Crippen molar-refractivity contribution >= 4 is 0 Å². The first-order valence-corrected chi connectivity index (χ1v) is 10.6. The highest BCUT2D eigenvalue weighted by Gasteiger charge is 2.53. The van der Waals surface area contributed by atoms with Crippen molar-refractivity contribution in [2.75, 3.05) is 19.8 Å². The number of hydrogen-bond acceptors (Lipinski definition) is 16. The zero-order chi connectivity index (χ0) is 25.3. The van der Waals surface area contributed by atoms with Crippen molar-refractivity contribution in [1.29, 1.82) is 0 Å². The van der Waals surface area contributed by atoms with Crippen molar-refractivity contribution < 1.29 is 79.9 Å². The van der Waals surface area contributed by atoms with Crippen LogP contribution in [0.3, 0.4) is 0 Å². The lowest BCUT2D eigenvalue weighted by atomic mass is 9.96. The Balaban J connectivity index is 1.82. The second kappa shape index (κ2) is 11.6. The van der Waals surface area contributed by atoms with Gasteiger partial charge in [0, 0.05) is 0 Å². The van der Waals surface area contributed by atoms with Crippen LogP contribution in [-0.4, -0.2) is 168 Å². The molecule has 3 aliphatic rings. The summed E-state index contributed by atoms with van der Waals surface area (Å²) in [5.41, 5.74) is 0. The molecule has 3 heterocycles. The molecule has 0 radical (unpaired) electrons. The number of rotatable bonds is 7. The predicted molar refractivity (Wildman–Crippen MR) is 101 cm³/mol. The fourth-order valence-corrected chi connectivity index (χ4v) is 4.02. The van der Waals surface area contributed by atoms with Crippen LogP contribution < -0.4 is 0 Å². The summed E-state index contributed by atoms with van der Waals surface area (Å²) in [4.78, 5) is 0. The molecule has 0 aromatic heterocycles. The summed E-state index contributed by atoms with van der Waals surface area (Å²) < 4.78 is 26.5. The summed E-state index contributed by atoms with van der Waals surface area (Å²) in [6, 6.07) is 0. The van der Waals surface area contributed by atoms with E-state index in [0.29, 0.717) is 0 Å². The van der Waals surface area contributed by atoms with Crippen LogP contribution >= 0.6 is 0 Å². The molecule has 15 atom stereocenters. The first-order valence-electron chi connectivity index (χ1n) is 10.6. The van der Waals surface area contributed by atoms with E-state index < -0.39 is 112 Å². The normalized spacial score (nSPS) is 52.5. The zero-order valence-electron chi connectivity index (χ0n) is 17.7. The van der Waals surface area contributed by atoms with Crippen LogP contribution in [0.2, 0.25) is 0 Å². The Hall–Kier alpha value is -0.640. The molecule has 11 N–H and O–H groups in total. The molecule has 0 aliphatic carbocycles. The standard InChI is InChI=1S/C18H32O16/c19-1-4-8(23)11(26)14(16(29)30-4)33-18-15(12(27)9(24)6(3-21)32-18)34-17-13(28)10(25)7(22)5(2-20)31-17/h4-29H,1-3H2/t4-,5-,6-,7+,8-,9-,10+,11+,12+,13-,14+,15+,16?,17-,18-/m1/s1. The molecule has 16 heteroatoms. The summed E-state index contributed by atoms with van der Waals surface area (Å²) in [7, 11) is 0. The van der Waals surface area contributed by atoms with E-state index in [9.17, 15) is 56.2 Å². The fourth-order valence-electron chi connectivity index (χ4n) is 4.02. The quantitative estimate of drug-likeness (QED) is 0.154. The van der Waals surface area contributed by atoms with E-state index in [1.807, 2.05) is 0 Å². The SMILES string of the molecule is OC[C@H]1O[C@H](O[C@@H]2[C@@H](O[C@@H]3C(O)O[C@H](CO)[C@@H](O)[C@@H]3O)O[C@H](CO)[C@@H](O)[C@@H]2O)[C@H](O)[C@@H](O)[C@H]1O. The van der Waals surface area contributed by atoms with E-state index in [4.69, 9.17) is 23.7 Å². The van der Waals surface area contributed by atoms with Gasteiger partial charge in [-0.05, 0) is 0 Å². The maximum atomic E-state index is 10.6. The van der Waals surface area contributed by atoms with Gasteiger partial charge in [-0.3, -0.25) is 0 Å². The van der Waals surface area contributed by atoms with Gasteiger partial charge in [-0.25, -0.2) is 0 Å². The summed E-state index contributed by atoms with van der Waals surface area (Å²) >= 11 is 0. The Kier molecular flexibility index (Phi) is 9.54. The van der Waals surface area contributed by atoms with Crippen LogP contribution in [0, 0.1) is 0 Å². The van der Waals surface area contributed by atoms with Crippen molar-refractivity contribution in [3.63, 3.8) is 0 Å². The molecule has 0 amide bonds. The molecule has 1 unspecified atom stereocenters. The van der Waals surface area contributed by atoms with Gasteiger partial charge in [0.15, 0.2) is 18.9 Å². The molecule has 3 rings (SSSR count). The minimum atomic E-state index is -1.90. The van der Waals surface area contributed by atoms with Crippen molar-refractivity contribution in [1.82, 2.24) is 0 Å². The van der Waals surface area contributed by atoms with E-state index in [2.05, 4.69) is 0 Å². The van der Waals surface area contributed by atoms with Gasteiger partial charge in [0.1, 0.15) is 73.2 Å². The van der Waals surface area contributed by atoms with Gasteiger partial charge in [0.05, 0.1) is 19.8 Å². The van der Waals surface area contributed by atoms with E-state index in [1.54, 1.807) is 0 Å². The summed E-state index contributed by atoms with van der Waals surface area (Å²) in [6.07, 6.45) is -25.7. The van der Waals surface area contributed by atoms with Crippen molar-refractivity contribution in [3.8, 4) is 0 Å². The van der Waals surface area contributed by atoms with E-state index in [0.717, 1.165) is 0 Å². The lowest BCUT2D eigenvalue weighted by Crippen LogP contribution is -2.66. The summed E-state index contributed by atoms with van der Waals surface area (Å²) in [5.74, 6) is 0. The van der Waals surface area contributed by atoms with Gasteiger partial charge in [-0.2, -0.15) is 0 Å². The van der Waals surface area contributed by atoms with Crippen molar-refractivity contribution in [2.24, 2.45) is 0 Å². The van der Waals surface area contributed by atoms with Gasteiger partial charge in [-0.1, -0.05) is 0 Å². The average molecular weight is 504 g/mol. The summed E-state index contributed by atoms with van der Waals surface area (Å²) in [6.45, 7) is -2.31. The minimum absolute atomic E-state index is 0.734. The third-order valence-electron chi connectivity index (χ3n) is 6.10. The minimum Gasteiger partial charge on any atom is -0.394 e. The Bertz CT molecular complexity index is 639. The van der Waals surface area contributed by atoms with Gasteiger partial charge < -0.3 is 79.9 Å². The lowest BCUT2D eigenvalue weighted by molar-refractivity contribution is -0.391. The van der Waals surface area contributed by atoms with E-state index >= 15 is 0 Å². The molecule has 0 spiro atoms. The maximum Gasteiger partial charge on any atom is 0.187 e. The second-order valence-corrected chi connectivity index (χ2v) is 8.33. The smallest absolute Gasteiger partial charge is 0.187 e. The van der Waals surface area contributed by atoms with Crippen LogP contribution in [0.15, 0.2) is 0 Å². The number of aliphatic hydroxyl groups is 11. The monoisotopic (exact) mass is 504 g/mol. The molecular formula is C18H32O16. The van der Waals surface area contributed by atoms with E-state index in [-0.39, 0.29) is 0 Å². The highest BCUT2D eigenvalue weighted by molar-refractivity contribution is 4.95. The Morgan fingerprint density at radius 1 is 0.441 bits per heavy atom. The molecule has 3 fully saturated rings. The molecule has 3 aliphatic heterocycles. The van der Waals surface area contributed by atoms with Crippen LogP contribution in [0.25, 0.3) is 0 Å². The molecular weight excluding hydrogens is 472 g/mol. The van der Waals surface area contributed by atoms with Crippen LogP contribution in [0.5, 0.6) is 0 Å². The number of hydrogen-bond donors (Lipinski definition) is 11. The molecule has 0 saturated carbocycles. The number of aliphatic hydroxyl groups excluding tert-OH is 11.